The largest absolute Gasteiger partial charge is 0.397 e. The molecule has 1 aromatic rings. The highest BCUT2D eigenvalue weighted by atomic mass is 16.1. The van der Waals surface area contributed by atoms with E-state index in [0.717, 1.165) is 0 Å². The van der Waals surface area contributed by atoms with Crippen LogP contribution in [0.2, 0.25) is 0 Å². The molecule has 1 heterocycles. The maximum Gasteiger partial charge on any atom is 0.163 e. The van der Waals surface area contributed by atoms with Crippen molar-refractivity contribution < 1.29 is 4.79 Å². The van der Waals surface area contributed by atoms with Gasteiger partial charge in [0.25, 0.3) is 0 Å². The van der Waals surface area contributed by atoms with Crippen LogP contribution in [0.15, 0.2) is 0 Å². The third-order valence-corrected chi connectivity index (χ3v) is 2.22. The number of nitrogens with zero attached hydrogens (tertiary/aromatic N) is 2. The zero-order valence-electron chi connectivity index (χ0n) is 9.59. The number of pyridine rings is 1. The van der Waals surface area contributed by atoms with E-state index in [-0.39, 0.29) is 17.0 Å². The van der Waals surface area contributed by atoms with E-state index in [1.54, 1.807) is 6.92 Å². The van der Waals surface area contributed by atoms with Crippen LogP contribution >= 0.6 is 0 Å². The van der Waals surface area contributed by atoms with Crippen molar-refractivity contribution in [1.29, 1.82) is 5.26 Å². The van der Waals surface area contributed by atoms with Gasteiger partial charge in [0.15, 0.2) is 5.78 Å². The van der Waals surface area contributed by atoms with Crippen molar-refractivity contribution in [3.63, 3.8) is 0 Å². The minimum atomic E-state index is -0.179. The van der Waals surface area contributed by atoms with Crippen molar-refractivity contribution in [2.24, 2.45) is 0 Å². The number of aromatic nitrogens is 1. The summed E-state index contributed by atoms with van der Waals surface area (Å²) in [5, 5.41) is 12.0. The predicted octanol–water partition coefficient (Wildman–Crippen LogP) is 1.48. The molecule has 0 saturated carbocycles. The Bertz CT molecular complexity index is 474. The lowest BCUT2D eigenvalue weighted by atomic mass is 10.0. The number of carbonyl (C=O) groups is 1. The van der Waals surface area contributed by atoms with Crippen molar-refractivity contribution >= 4 is 17.3 Å². The van der Waals surface area contributed by atoms with Gasteiger partial charge in [0.1, 0.15) is 17.5 Å². The molecule has 0 unspecified atom stereocenters. The molecule has 0 fully saturated rings. The number of nitrogen functional groups attached to an aromatic ring is 1. The van der Waals surface area contributed by atoms with Crippen LogP contribution in [-0.4, -0.2) is 17.3 Å². The summed E-state index contributed by atoms with van der Waals surface area (Å²) >= 11 is 0. The molecule has 84 valence electrons. The van der Waals surface area contributed by atoms with Gasteiger partial charge in [-0.25, -0.2) is 4.98 Å². The number of anilines is 2. The molecule has 0 spiro atoms. The van der Waals surface area contributed by atoms with Crippen LogP contribution in [0.3, 0.4) is 0 Å². The smallest absolute Gasteiger partial charge is 0.163 e. The summed E-state index contributed by atoms with van der Waals surface area (Å²) in [5.41, 5.74) is 7.12. The number of Topliss-reactive ketones (excluding diaryl/α,β-unsaturated/α-hetero) is 1. The van der Waals surface area contributed by atoms with E-state index in [2.05, 4.69) is 10.3 Å². The molecule has 0 amide bonds. The highest BCUT2D eigenvalue weighted by Gasteiger charge is 2.17. The number of rotatable bonds is 3. The fraction of sp³-hybridized carbons (Fsp3) is 0.364. The number of nitrogens with one attached hydrogen (secondary N) is 1. The van der Waals surface area contributed by atoms with Crippen molar-refractivity contribution in [1.82, 2.24) is 4.98 Å². The molecule has 0 aliphatic rings. The van der Waals surface area contributed by atoms with Gasteiger partial charge in [-0.15, -0.1) is 0 Å². The Kier molecular flexibility index (Phi) is 3.46. The third-order valence-electron chi connectivity index (χ3n) is 2.22. The molecular formula is C11H14N4O. The normalized spacial score (nSPS) is 9.62. The van der Waals surface area contributed by atoms with Gasteiger partial charge in [0, 0.05) is 6.54 Å². The molecule has 0 saturated heterocycles. The number of nitrogens with two attached hydrogens (primary N) is 1. The number of carbonyl (C=O) groups excluding carboxylic acids is 1. The zero-order valence-corrected chi connectivity index (χ0v) is 9.59. The van der Waals surface area contributed by atoms with Gasteiger partial charge in [0.2, 0.25) is 0 Å². The van der Waals surface area contributed by atoms with Crippen LogP contribution in [0.1, 0.15) is 35.5 Å². The minimum absolute atomic E-state index is 0.179. The second kappa shape index (κ2) is 4.62. The minimum Gasteiger partial charge on any atom is -0.397 e. The second-order valence-corrected chi connectivity index (χ2v) is 3.41. The highest BCUT2D eigenvalue weighted by Crippen LogP contribution is 2.25. The first-order valence-electron chi connectivity index (χ1n) is 4.97. The molecule has 0 aromatic carbocycles. The predicted molar refractivity (Wildman–Crippen MR) is 62.3 cm³/mol. The molecule has 0 aliphatic carbocycles. The Hall–Kier alpha value is -2.09. The third kappa shape index (κ3) is 1.96. The van der Waals surface area contributed by atoms with Crippen LogP contribution in [0.5, 0.6) is 0 Å². The number of nitriles is 1. The van der Waals surface area contributed by atoms with Crippen LogP contribution in [-0.2, 0) is 0 Å². The molecule has 0 bridgehead atoms. The van der Waals surface area contributed by atoms with Gasteiger partial charge in [-0.1, -0.05) is 0 Å². The summed E-state index contributed by atoms with van der Waals surface area (Å²) in [6.45, 7) is 5.65. The molecule has 3 N–H and O–H groups in total. The summed E-state index contributed by atoms with van der Waals surface area (Å²) in [4.78, 5) is 15.6. The van der Waals surface area contributed by atoms with Crippen molar-refractivity contribution in [3.8, 4) is 6.07 Å². The van der Waals surface area contributed by atoms with Gasteiger partial charge >= 0.3 is 0 Å². The van der Waals surface area contributed by atoms with Crippen LogP contribution in [0.25, 0.3) is 0 Å². The van der Waals surface area contributed by atoms with Crippen LogP contribution in [0, 0.1) is 18.3 Å². The first-order chi connectivity index (χ1) is 7.52. The summed E-state index contributed by atoms with van der Waals surface area (Å²) < 4.78 is 0. The van der Waals surface area contributed by atoms with Gasteiger partial charge in [-0.3, -0.25) is 4.79 Å². The lowest BCUT2D eigenvalue weighted by Crippen LogP contribution is -2.11. The van der Waals surface area contributed by atoms with Gasteiger partial charge in [-0.2, -0.15) is 5.26 Å². The molecule has 0 radical (unpaired) electrons. The van der Waals surface area contributed by atoms with Crippen molar-refractivity contribution in [2.75, 3.05) is 17.6 Å². The number of hydrogen-bond donors (Lipinski definition) is 2. The van der Waals surface area contributed by atoms with E-state index < -0.39 is 0 Å². The van der Waals surface area contributed by atoms with E-state index in [4.69, 9.17) is 11.0 Å². The second-order valence-electron chi connectivity index (χ2n) is 3.41. The molecular weight excluding hydrogens is 204 g/mol. The maximum absolute atomic E-state index is 11.4. The fourth-order valence-electron chi connectivity index (χ4n) is 1.58. The van der Waals surface area contributed by atoms with Crippen molar-refractivity contribution in [3.05, 3.63) is 16.8 Å². The van der Waals surface area contributed by atoms with E-state index in [1.165, 1.54) is 6.92 Å². The average molecular weight is 218 g/mol. The average Bonchev–Trinajstić information content (AvgIpc) is 2.17. The topological polar surface area (TPSA) is 91.8 Å². The fourth-order valence-corrected chi connectivity index (χ4v) is 1.58. The summed E-state index contributed by atoms with van der Waals surface area (Å²) in [6.07, 6.45) is 0. The van der Waals surface area contributed by atoms with Gasteiger partial charge < -0.3 is 11.1 Å². The number of ketones is 1. The van der Waals surface area contributed by atoms with Crippen LogP contribution < -0.4 is 11.1 Å². The molecule has 0 atom stereocenters. The molecule has 16 heavy (non-hydrogen) atoms. The lowest BCUT2D eigenvalue weighted by Gasteiger charge is -2.12. The Morgan fingerprint density at radius 2 is 2.25 bits per heavy atom. The lowest BCUT2D eigenvalue weighted by molar-refractivity contribution is 0.101. The van der Waals surface area contributed by atoms with E-state index in [0.29, 0.717) is 23.6 Å². The van der Waals surface area contributed by atoms with Crippen LogP contribution in [0.4, 0.5) is 11.5 Å². The zero-order chi connectivity index (χ0) is 12.3. The summed E-state index contributed by atoms with van der Waals surface area (Å²) in [5.74, 6) is 0.257. The maximum atomic E-state index is 11.4. The summed E-state index contributed by atoms with van der Waals surface area (Å²) in [6, 6.07) is 1.97. The molecule has 5 nitrogen and oxygen atoms in total. The Balaban J connectivity index is 3.51. The quantitative estimate of drug-likeness (QED) is 0.749. The molecule has 0 aliphatic heterocycles. The Labute approximate surface area is 94.3 Å². The monoisotopic (exact) mass is 218 g/mol. The summed E-state index contributed by atoms with van der Waals surface area (Å²) in [7, 11) is 0. The first-order valence-corrected chi connectivity index (χ1v) is 4.97. The van der Waals surface area contributed by atoms with E-state index >= 15 is 0 Å². The SMILES string of the molecule is CCNc1nc(C)c(C(C)=O)c(N)c1C#N. The highest BCUT2D eigenvalue weighted by molar-refractivity contribution is 6.02. The van der Waals surface area contributed by atoms with Crippen molar-refractivity contribution in [2.45, 2.75) is 20.8 Å². The number of aryl methyl sites for hydroxylation is 1. The number of hydrogen-bond acceptors (Lipinski definition) is 5. The Morgan fingerprint density at radius 3 is 2.69 bits per heavy atom. The van der Waals surface area contributed by atoms with E-state index in [9.17, 15) is 4.79 Å². The standard InChI is InChI=1S/C11H14N4O/c1-4-14-11-8(5-12)10(13)9(7(3)16)6(2)15-11/h4H2,1-3H3,(H3,13,14,15). The molecule has 5 heteroatoms. The molecule has 1 aromatic heterocycles. The van der Waals surface area contributed by atoms with Gasteiger partial charge in [-0.05, 0) is 20.8 Å². The molecule has 1 rings (SSSR count). The first kappa shape index (κ1) is 12.0. The Morgan fingerprint density at radius 1 is 1.62 bits per heavy atom. The van der Waals surface area contributed by atoms with E-state index in [1.807, 2.05) is 13.0 Å². The van der Waals surface area contributed by atoms with Gasteiger partial charge in [0.05, 0.1) is 16.9 Å².